The van der Waals surface area contributed by atoms with Gasteiger partial charge in [-0.25, -0.2) is 0 Å². The largest absolute Gasteiger partial charge is 0.310 e. The van der Waals surface area contributed by atoms with E-state index in [4.69, 9.17) is 6.42 Å². The summed E-state index contributed by atoms with van der Waals surface area (Å²) in [6.07, 6.45) is 12.6. The number of rotatable bonds is 9. The molecule has 0 atom stereocenters. The third kappa shape index (κ3) is 5.05. The van der Waals surface area contributed by atoms with E-state index < -0.39 is 0 Å². The summed E-state index contributed by atoms with van der Waals surface area (Å²) in [4.78, 5) is 0. The Balaban J connectivity index is 1.70. The third-order valence-electron chi connectivity index (χ3n) is 3.36. The molecule has 4 heteroatoms. The molecule has 2 aromatic rings. The van der Waals surface area contributed by atoms with Crippen molar-refractivity contribution in [3.05, 3.63) is 42.5 Å². The second kappa shape index (κ2) is 8.93. The van der Waals surface area contributed by atoms with Crippen molar-refractivity contribution in [2.45, 2.75) is 38.6 Å². The first-order valence-corrected chi connectivity index (χ1v) is 7.50. The first-order valence-electron chi connectivity index (χ1n) is 7.50. The molecular weight excluding hydrogens is 260 g/mol. The molecule has 0 radical (unpaired) electrons. The van der Waals surface area contributed by atoms with Gasteiger partial charge in [-0.15, -0.1) is 22.5 Å². The molecule has 0 aliphatic heterocycles. The molecule has 0 saturated carbocycles. The number of benzene rings is 1. The molecule has 110 valence electrons. The monoisotopic (exact) mass is 282 g/mol. The zero-order chi connectivity index (χ0) is 14.8. The van der Waals surface area contributed by atoms with Crippen LogP contribution in [0.15, 0.2) is 36.7 Å². The van der Waals surface area contributed by atoms with Gasteiger partial charge in [0.15, 0.2) is 5.82 Å². The predicted octanol–water partition coefficient (Wildman–Crippen LogP) is 2.94. The van der Waals surface area contributed by atoms with E-state index in [0.29, 0.717) is 0 Å². The molecule has 1 N–H and O–H groups in total. The molecular formula is C17H22N4. The Kier molecular flexibility index (Phi) is 6.50. The van der Waals surface area contributed by atoms with Crippen molar-refractivity contribution in [1.29, 1.82) is 0 Å². The van der Waals surface area contributed by atoms with Crippen LogP contribution in [0, 0.1) is 12.3 Å². The fraction of sp³-hybridized carbons (Fsp3) is 0.412. The lowest BCUT2D eigenvalue weighted by Crippen LogP contribution is -2.17. The van der Waals surface area contributed by atoms with Gasteiger partial charge in [0.2, 0.25) is 0 Å². The topological polar surface area (TPSA) is 42.7 Å². The molecule has 2 rings (SSSR count). The van der Waals surface area contributed by atoms with Crippen molar-refractivity contribution in [1.82, 2.24) is 20.1 Å². The normalized spacial score (nSPS) is 10.4. The molecule has 1 heterocycles. The molecule has 4 nitrogen and oxygen atoms in total. The van der Waals surface area contributed by atoms with E-state index in [-0.39, 0.29) is 0 Å². The van der Waals surface area contributed by atoms with E-state index in [9.17, 15) is 0 Å². The Hall–Kier alpha value is -2.12. The first-order chi connectivity index (χ1) is 10.4. The minimum atomic E-state index is 0.735. The smallest absolute Gasteiger partial charge is 0.151 e. The Labute approximate surface area is 126 Å². The van der Waals surface area contributed by atoms with Crippen molar-refractivity contribution in [3.8, 4) is 18.0 Å². The highest BCUT2D eigenvalue weighted by Crippen LogP contribution is 2.08. The van der Waals surface area contributed by atoms with E-state index in [2.05, 4.69) is 33.6 Å². The van der Waals surface area contributed by atoms with Crippen LogP contribution in [0.5, 0.6) is 0 Å². The SMILES string of the molecule is C#CCCCCCCNCc1nncn1-c1ccccc1. The summed E-state index contributed by atoms with van der Waals surface area (Å²) in [6.45, 7) is 1.73. The van der Waals surface area contributed by atoms with Crippen LogP contribution >= 0.6 is 0 Å². The molecule has 0 unspecified atom stereocenters. The van der Waals surface area contributed by atoms with Gasteiger partial charge < -0.3 is 5.32 Å². The number of aromatic nitrogens is 3. The second-order valence-electron chi connectivity index (χ2n) is 5.00. The number of hydrogen-bond acceptors (Lipinski definition) is 3. The Morgan fingerprint density at radius 1 is 1.10 bits per heavy atom. The summed E-state index contributed by atoms with van der Waals surface area (Å²) < 4.78 is 2.01. The van der Waals surface area contributed by atoms with Crippen LogP contribution in [-0.4, -0.2) is 21.3 Å². The highest BCUT2D eigenvalue weighted by atomic mass is 15.3. The zero-order valence-corrected chi connectivity index (χ0v) is 12.3. The summed E-state index contributed by atoms with van der Waals surface area (Å²) in [6, 6.07) is 10.1. The predicted molar refractivity (Wildman–Crippen MR) is 85.0 cm³/mol. The van der Waals surface area contributed by atoms with Gasteiger partial charge in [-0.3, -0.25) is 4.57 Å². The van der Waals surface area contributed by atoms with Crippen molar-refractivity contribution in [2.75, 3.05) is 6.54 Å². The molecule has 0 fully saturated rings. The third-order valence-corrected chi connectivity index (χ3v) is 3.36. The molecule has 0 saturated heterocycles. The van der Waals surface area contributed by atoms with Crippen LogP contribution in [-0.2, 0) is 6.54 Å². The summed E-state index contributed by atoms with van der Waals surface area (Å²) >= 11 is 0. The lowest BCUT2D eigenvalue weighted by molar-refractivity contribution is 0.578. The quantitative estimate of drug-likeness (QED) is 0.568. The van der Waals surface area contributed by atoms with E-state index in [1.54, 1.807) is 6.33 Å². The molecule has 0 amide bonds. The molecule has 1 aromatic heterocycles. The van der Waals surface area contributed by atoms with Gasteiger partial charge in [-0.05, 0) is 31.5 Å². The fourth-order valence-corrected chi connectivity index (χ4v) is 2.21. The molecule has 0 bridgehead atoms. The van der Waals surface area contributed by atoms with Gasteiger partial charge in [0.05, 0.1) is 6.54 Å². The summed E-state index contributed by atoms with van der Waals surface area (Å²) in [5.74, 6) is 3.61. The number of para-hydroxylation sites is 1. The van der Waals surface area contributed by atoms with Gasteiger partial charge in [-0.1, -0.05) is 31.0 Å². The zero-order valence-electron chi connectivity index (χ0n) is 12.3. The van der Waals surface area contributed by atoms with Gasteiger partial charge in [0, 0.05) is 12.1 Å². The number of hydrogen-bond donors (Lipinski definition) is 1. The standard InChI is InChI=1S/C17H22N4/c1-2-3-4-5-6-10-13-18-14-17-20-19-15-21(17)16-11-8-7-9-12-16/h1,7-9,11-12,15,18H,3-6,10,13-14H2. The van der Waals surface area contributed by atoms with E-state index in [1.165, 1.54) is 19.3 Å². The fourth-order valence-electron chi connectivity index (χ4n) is 2.21. The molecule has 1 aromatic carbocycles. The summed E-state index contributed by atoms with van der Waals surface area (Å²) in [7, 11) is 0. The van der Waals surface area contributed by atoms with Crippen molar-refractivity contribution in [2.24, 2.45) is 0 Å². The first kappa shape index (κ1) is 15.3. The van der Waals surface area contributed by atoms with Gasteiger partial charge in [0.25, 0.3) is 0 Å². The lowest BCUT2D eigenvalue weighted by atomic mass is 10.1. The number of nitrogens with one attached hydrogen (secondary N) is 1. The van der Waals surface area contributed by atoms with Crippen LogP contribution in [0.2, 0.25) is 0 Å². The highest BCUT2D eigenvalue weighted by Gasteiger charge is 2.04. The number of nitrogens with zero attached hydrogens (tertiary/aromatic N) is 3. The maximum atomic E-state index is 5.23. The number of unbranched alkanes of at least 4 members (excludes halogenated alkanes) is 4. The second-order valence-corrected chi connectivity index (χ2v) is 5.00. The Morgan fingerprint density at radius 2 is 1.90 bits per heavy atom. The summed E-state index contributed by atoms with van der Waals surface area (Å²) in [5, 5.41) is 11.6. The van der Waals surface area contributed by atoms with Crippen LogP contribution in [0.3, 0.4) is 0 Å². The minimum absolute atomic E-state index is 0.735. The maximum Gasteiger partial charge on any atom is 0.151 e. The number of terminal acetylenes is 1. The van der Waals surface area contributed by atoms with E-state index >= 15 is 0 Å². The highest BCUT2D eigenvalue weighted by molar-refractivity contribution is 5.31. The Bertz CT molecular complexity index is 554. The molecule has 0 spiro atoms. The Morgan fingerprint density at radius 3 is 2.71 bits per heavy atom. The van der Waals surface area contributed by atoms with Crippen LogP contribution in [0.4, 0.5) is 0 Å². The lowest BCUT2D eigenvalue weighted by Gasteiger charge is -2.07. The minimum Gasteiger partial charge on any atom is -0.310 e. The molecule has 0 aliphatic carbocycles. The van der Waals surface area contributed by atoms with Crippen molar-refractivity contribution >= 4 is 0 Å². The summed E-state index contributed by atoms with van der Waals surface area (Å²) in [5.41, 5.74) is 1.09. The molecule has 21 heavy (non-hydrogen) atoms. The van der Waals surface area contributed by atoms with Crippen LogP contribution in [0.25, 0.3) is 5.69 Å². The maximum absolute atomic E-state index is 5.23. The van der Waals surface area contributed by atoms with Crippen LogP contribution in [0.1, 0.15) is 37.9 Å². The van der Waals surface area contributed by atoms with Gasteiger partial charge >= 0.3 is 0 Å². The van der Waals surface area contributed by atoms with Crippen LogP contribution < -0.4 is 5.32 Å². The van der Waals surface area contributed by atoms with E-state index in [1.807, 2.05) is 22.8 Å². The van der Waals surface area contributed by atoms with Gasteiger partial charge in [0.1, 0.15) is 6.33 Å². The van der Waals surface area contributed by atoms with Gasteiger partial charge in [-0.2, -0.15) is 0 Å². The molecule has 0 aliphatic rings. The average molecular weight is 282 g/mol. The van der Waals surface area contributed by atoms with Crippen molar-refractivity contribution in [3.63, 3.8) is 0 Å². The van der Waals surface area contributed by atoms with E-state index in [0.717, 1.165) is 37.4 Å². The van der Waals surface area contributed by atoms with Crippen molar-refractivity contribution < 1.29 is 0 Å². The average Bonchev–Trinajstić information content (AvgIpc) is 2.99.